The van der Waals surface area contributed by atoms with Gasteiger partial charge in [0, 0.05) is 18.1 Å². The van der Waals surface area contributed by atoms with Crippen molar-refractivity contribution in [3.63, 3.8) is 0 Å². The first-order valence-corrected chi connectivity index (χ1v) is 8.83. The second-order valence-electron chi connectivity index (χ2n) is 6.11. The molecule has 0 aliphatic carbocycles. The van der Waals surface area contributed by atoms with Crippen LogP contribution >= 0.6 is 11.6 Å². The van der Waals surface area contributed by atoms with Crippen LogP contribution in [0.5, 0.6) is 17.2 Å². The first-order valence-electron chi connectivity index (χ1n) is 8.45. The molecule has 0 aromatic heterocycles. The number of nitrogens with one attached hydrogen (secondary N) is 1. The summed E-state index contributed by atoms with van der Waals surface area (Å²) in [5.74, 6) is 1.56. The molecule has 0 fully saturated rings. The van der Waals surface area contributed by atoms with E-state index in [4.69, 9.17) is 25.8 Å². The first kappa shape index (κ1) is 20.9. The molecule has 0 saturated heterocycles. The third-order valence-corrected chi connectivity index (χ3v) is 4.20. The smallest absolute Gasteiger partial charge is 0.234 e. The summed E-state index contributed by atoms with van der Waals surface area (Å²) >= 11 is 6.00. The van der Waals surface area contributed by atoms with E-state index in [0.717, 1.165) is 11.1 Å². The number of ether oxygens (including phenoxy) is 3. The van der Waals surface area contributed by atoms with Crippen LogP contribution in [-0.2, 0) is 17.9 Å². The van der Waals surface area contributed by atoms with Crippen molar-refractivity contribution in [1.29, 1.82) is 0 Å². The Morgan fingerprint density at radius 1 is 1.04 bits per heavy atom. The number of halogens is 1. The molecule has 0 radical (unpaired) electrons. The van der Waals surface area contributed by atoms with Gasteiger partial charge in [-0.2, -0.15) is 0 Å². The summed E-state index contributed by atoms with van der Waals surface area (Å²) in [6.45, 7) is 1.27. The molecule has 2 aromatic carbocycles. The van der Waals surface area contributed by atoms with Crippen LogP contribution in [0.1, 0.15) is 11.1 Å². The standard InChI is InChI=1S/C20H25ClN2O4/c1-23(12-14-6-5-7-16(21)8-14)13-19(24)22-11-15-9-17(25-2)20(27-4)18(10-15)26-3/h5-10H,11-13H2,1-4H3,(H,22,24). The quantitative estimate of drug-likeness (QED) is 0.710. The van der Waals surface area contributed by atoms with Crippen molar-refractivity contribution in [3.05, 3.63) is 52.5 Å². The summed E-state index contributed by atoms with van der Waals surface area (Å²) < 4.78 is 16.0. The predicted octanol–water partition coefficient (Wildman–Crippen LogP) is 3.11. The lowest BCUT2D eigenvalue weighted by atomic mass is 10.1. The minimum Gasteiger partial charge on any atom is -0.493 e. The molecule has 0 heterocycles. The number of rotatable bonds is 9. The summed E-state index contributed by atoms with van der Waals surface area (Å²) in [5, 5.41) is 3.60. The molecule has 1 N–H and O–H groups in total. The Balaban J connectivity index is 1.93. The third kappa shape index (κ3) is 6.05. The number of hydrogen-bond donors (Lipinski definition) is 1. The van der Waals surface area contributed by atoms with Crippen LogP contribution in [0.4, 0.5) is 0 Å². The van der Waals surface area contributed by atoms with E-state index in [-0.39, 0.29) is 12.5 Å². The molecular weight excluding hydrogens is 368 g/mol. The number of likely N-dealkylation sites (N-methyl/N-ethyl adjacent to an activating group) is 1. The van der Waals surface area contributed by atoms with Crippen LogP contribution in [0.3, 0.4) is 0 Å². The highest BCUT2D eigenvalue weighted by molar-refractivity contribution is 6.30. The zero-order valence-corrected chi connectivity index (χ0v) is 16.8. The van der Waals surface area contributed by atoms with Gasteiger partial charge < -0.3 is 19.5 Å². The monoisotopic (exact) mass is 392 g/mol. The van der Waals surface area contributed by atoms with Crippen LogP contribution in [0.2, 0.25) is 5.02 Å². The normalized spacial score (nSPS) is 10.6. The maximum absolute atomic E-state index is 12.2. The lowest BCUT2D eigenvalue weighted by molar-refractivity contribution is -0.122. The fraction of sp³-hybridized carbons (Fsp3) is 0.350. The average molecular weight is 393 g/mol. The van der Waals surface area contributed by atoms with E-state index in [1.807, 2.05) is 48.3 Å². The number of methoxy groups -OCH3 is 3. The van der Waals surface area contributed by atoms with Gasteiger partial charge in [-0.05, 0) is 42.4 Å². The third-order valence-electron chi connectivity index (χ3n) is 3.97. The molecule has 2 aromatic rings. The molecule has 0 spiro atoms. The van der Waals surface area contributed by atoms with Crippen LogP contribution in [0, 0.1) is 0 Å². The summed E-state index contributed by atoms with van der Waals surface area (Å²) in [7, 11) is 6.56. The van der Waals surface area contributed by atoms with Crippen molar-refractivity contribution in [2.45, 2.75) is 13.1 Å². The van der Waals surface area contributed by atoms with Gasteiger partial charge in [-0.1, -0.05) is 23.7 Å². The molecular formula is C20H25ClN2O4. The van der Waals surface area contributed by atoms with E-state index >= 15 is 0 Å². The summed E-state index contributed by atoms with van der Waals surface area (Å²) in [6.07, 6.45) is 0. The molecule has 1 amide bonds. The van der Waals surface area contributed by atoms with Gasteiger partial charge in [-0.25, -0.2) is 0 Å². The van der Waals surface area contributed by atoms with Crippen molar-refractivity contribution in [2.24, 2.45) is 0 Å². The molecule has 0 atom stereocenters. The SMILES string of the molecule is COc1cc(CNC(=O)CN(C)Cc2cccc(Cl)c2)cc(OC)c1OC. The van der Waals surface area contributed by atoms with Gasteiger partial charge in [0.05, 0.1) is 27.9 Å². The molecule has 2 rings (SSSR count). The highest BCUT2D eigenvalue weighted by Crippen LogP contribution is 2.38. The van der Waals surface area contributed by atoms with E-state index in [1.54, 1.807) is 21.3 Å². The minimum atomic E-state index is -0.0757. The van der Waals surface area contributed by atoms with Gasteiger partial charge in [0.2, 0.25) is 11.7 Å². The van der Waals surface area contributed by atoms with Crippen molar-refractivity contribution < 1.29 is 19.0 Å². The van der Waals surface area contributed by atoms with Crippen molar-refractivity contribution in [3.8, 4) is 17.2 Å². The summed E-state index contributed by atoms with van der Waals surface area (Å²) in [5.41, 5.74) is 1.91. The van der Waals surface area contributed by atoms with Crippen molar-refractivity contribution >= 4 is 17.5 Å². The second-order valence-corrected chi connectivity index (χ2v) is 6.55. The largest absolute Gasteiger partial charge is 0.493 e. The Morgan fingerprint density at radius 2 is 1.70 bits per heavy atom. The van der Waals surface area contributed by atoms with Gasteiger partial charge in [0.25, 0.3) is 0 Å². The van der Waals surface area contributed by atoms with E-state index in [2.05, 4.69) is 5.32 Å². The minimum absolute atomic E-state index is 0.0757. The van der Waals surface area contributed by atoms with Crippen molar-refractivity contribution in [1.82, 2.24) is 10.2 Å². The van der Waals surface area contributed by atoms with Crippen LogP contribution in [0.15, 0.2) is 36.4 Å². The number of benzene rings is 2. The maximum atomic E-state index is 12.2. The molecule has 7 heteroatoms. The number of carbonyl (C=O) groups excluding carboxylic acids is 1. The topological polar surface area (TPSA) is 60.0 Å². The van der Waals surface area contributed by atoms with E-state index in [9.17, 15) is 4.79 Å². The Hall–Kier alpha value is -2.44. The fourth-order valence-corrected chi connectivity index (χ4v) is 2.95. The van der Waals surface area contributed by atoms with Gasteiger partial charge in [0.15, 0.2) is 11.5 Å². The average Bonchev–Trinajstić information content (AvgIpc) is 2.65. The molecule has 27 heavy (non-hydrogen) atoms. The molecule has 146 valence electrons. The molecule has 0 bridgehead atoms. The first-order chi connectivity index (χ1) is 13.0. The molecule has 0 aliphatic rings. The lowest BCUT2D eigenvalue weighted by Gasteiger charge is -2.17. The lowest BCUT2D eigenvalue weighted by Crippen LogP contribution is -2.34. The van der Waals surface area contributed by atoms with Crippen LogP contribution in [-0.4, -0.2) is 45.7 Å². The zero-order valence-electron chi connectivity index (χ0n) is 16.0. The molecule has 0 aliphatic heterocycles. The summed E-state index contributed by atoms with van der Waals surface area (Å²) in [6, 6.07) is 11.2. The van der Waals surface area contributed by atoms with Crippen LogP contribution < -0.4 is 19.5 Å². The van der Waals surface area contributed by atoms with Gasteiger partial charge in [0.1, 0.15) is 0 Å². The second kappa shape index (κ2) is 10.0. The van der Waals surface area contributed by atoms with Gasteiger partial charge in [-0.15, -0.1) is 0 Å². The summed E-state index contributed by atoms with van der Waals surface area (Å²) in [4.78, 5) is 14.2. The highest BCUT2D eigenvalue weighted by atomic mass is 35.5. The van der Waals surface area contributed by atoms with E-state index < -0.39 is 0 Å². The highest BCUT2D eigenvalue weighted by Gasteiger charge is 2.14. The fourth-order valence-electron chi connectivity index (χ4n) is 2.74. The number of carbonyl (C=O) groups is 1. The maximum Gasteiger partial charge on any atom is 0.234 e. The Morgan fingerprint density at radius 3 is 2.26 bits per heavy atom. The number of nitrogens with zero attached hydrogens (tertiary/aromatic N) is 1. The number of hydrogen-bond acceptors (Lipinski definition) is 5. The van der Waals surface area contributed by atoms with E-state index in [0.29, 0.717) is 35.4 Å². The molecule has 0 saturated carbocycles. The zero-order chi connectivity index (χ0) is 19.8. The Kier molecular flexibility index (Phi) is 7.76. The van der Waals surface area contributed by atoms with Gasteiger partial charge in [-0.3, -0.25) is 9.69 Å². The van der Waals surface area contributed by atoms with Crippen molar-refractivity contribution in [2.75, 3.05) is 34.9 Å². The number of amides is 1. The van der Waals surface area contributed by atoms with Crippen LogP contribution in [0.25, 0.3) is 0 Å². The molecule has 0 unspecified atom stereocenters. The van der Waals surface area contributed by atoms with Gasteiger partial charge >= 0.3 is 0 Å². The van der Waals surface area contributed by atoms with E-state index in [1.165, 1.54) is 0 Å². The Labute approximate surface area is 165 Å². The molecule has 6 nitrogen and oxygen atoms in total. The predicted molar refractivity (Wildman–Crippen MR) is 106 cm³/mol. The Bertz CT molecular complexity index is 757.